The van der Waals surface area contributed by atoms with Gasteiger partial charge < -0.3 is 19.5 Å². The van der Waals surface area contributed by atoms with Gasteiger partial charge in [-0.3, -0.25) is 4.79 Å². The van der Waals surface area contributed by atoms with Gasteiger partial charge in [0.15, 0.2) is 0 Å². The summed E-state index contributed by atoms with van der Waals surface area (Å²) in [6.45, 7) is 2.91. The van der Waals surface area contributed by atoms with Gasteiger partial charge in [-0.05, 0) is 56.2 Å². The first-order valence-electron chi connectivity index (χ1n) is 9.11. The summed E-state index contributed by atoms with van der Waals surface area (Å²) in [5.41, 5.74) is 3.32. The molecule has 0 fully saturated rings. The number of nitrogens with zero attached hydrogens (tertiary/aromatic N) is 2. The summed E-state index contributed by atoms with van der Waals surface area (Å²) >= 11 is 0. The second-order valence-corrected chi connectivity index (χ2v) is 6.99. The molecule has 3 aromatic rings. The molecule has 1 aromatic heterocycles. The lowest BCUT2D eigenvalue weighted by Crippen LogP contribution is -2.36. The maximum absolute atomic E-state index is 12.6. The number of methoxy groups -OCH3 is 1. The molecule has 0 aliphatic heterocycles. The molecule has 0 radical (unpaired) electrons. The summed E-state index contributed by atoms with van der Waals surface area (Å²) in [5.74, 6) is 0.843. The number of hydrogen-bond donors (Lipinski definition) is 1. The van der Waals surface area contributed by atoms with Crippen molar-refractivity contribution < 1.29 is 9.53 Å². The summed E-state index contributed by atoms with van der Waals surface area (Å²) in [6, 6.07) is 18.3. The third kappa shape index (κ3) is 4.31. The van der Waals surface area contributed by atoms with E-state index < -0.39 is 0 Å². The molecule has 0 bridgehead atoms. The van der Waals surface area contributed by atoms with Crippen molar-refractivity contribution >= 4 is 16.8 Å². The number of carbonyl (C=O) groups is 1. The van der Waals surface area contributed by atoms with Crippen molar-refractivity contribution in [1.82, 2.24) is 14.8 Å². The first kappa shape index (κ1) is 19.0. The van der Waals surface area contributed by atoms with Crippen molar-refractivity contribution in [2.45, 2.75) is 19.5 Å². The van der Waals surface area contributed by atoms with Gasteiger partial charge in [-0.25, -0.2) is 0 Å². The minimum absolute atomic E-state index is 0.0137. The number of para-hydroxylation sites is 1. The Morgan fingerprint density at radius 2 is 1.85 bits per heavy atom. The standard InChI is InChI=1S/C22H27N3O2/c1-16-13-18-7-5-6-8-20(18)25(16)15-22(26)23-14-21(24(2)3)17-9-11-19(27-4)12-10-17/h5-13,21H,14-15H2,1-4H3,(H,23,26)/t21-/m0/s1. The van der Waals surface area contributed by atoms with E-state index in [-0.39, 0.29) is 11.9 Å². The molecule has 3 rings (SSSR count). The Hall–Kier alpha value is -2.79. The monoisotopic (exact) mass is 365 g/mol. The van der Waals surface area contributed by atoms with E-state index in [0.29, 0.717) is 13.1 Å². The highest BCUT2D eigenvalue weighted by atomic mass is 16.5. The maximum Gasteiger partial charge on any atom is 0.240 e. The molecule has 0 saturated carbocycles. The largest absolute Gasteiger partial charge is 0.497 e. The number of nitrogens with one attached hydrogen (secondary N) is 1. The van der Waals surface area contributed by atoms with Gasteiger partial charge in [-0.1, -0.05) is 30.3 Å². The van der Waals surface area contributed by atoms with E-state index in [4.69, 9.17) is 4.74 Å². The minimum atomic E-state index is 0.0137. The molecular weight excluding hydrogens is 338 g/mol. The van der Waals surface area contributed by atoms with Gasteiger partial charge >= 0.3 is 0 Å². The molecule has 142 valence electrons. The van der Waals surface area contributed by atoms with E-state index in [2.05, 4.69) is 33.0 Å². The van der Waals surface area contributed by atoms with Crippen molar-refractivity contribution in [1.29, 1.82) is 0 Å². The number of likely N-dealkylation sites (N-methyl/N-ethyl adjacent to an activating group) is 1. The first-order valence-corrected chi connectivity index (χ1v) is 9.11. The summed E-state index contributed by atoms with van der Waals surface area (Å²) in [5, 5.41) is 4.25. The molecule has 0 saturated heterocycles. The zero-order valence-electron chi connectivity index (χ0n) is 16.4. The Morgan fingerprint density at radius 1 is 1.15 bits per heavy atom. The molecule has 5 heteroatoms. The number of aromatic nitrogens is 1. The second-order valence-electron chi connectivity index (χ2n) is 6.99. The molecule has 1 amide bonds. The van der Waals surface area contributed by atoms with E-state index in [0.717, 1.165) is 27.9 Å². The van der Waals surface area contributed by atoms with Gasteiger partial charge in [0.05, 0.1) is 13.2 Å². The lowest BCUT2D eigenvalue weighted by atomic mass is 10.1. The lowest BCUT2D eigenvalue weighted by Gasteiger charge is -2.25. The predicted molar refractivity (Wildman–Crippen MR) is 109 cm³/mol. The number of amides is 1. The molecule has 0 aliphatic carbocycles. The normalized spacial score (nSPS) is 12.3. The number of ether oxygens (including phenoxy) is 1. The van der Waals surface area contributed by atoms with Crippen LogP contribution in [0.2, 0.25) is 0 Å². The van der Waals surface area contributed by atoms with E-state index in [1.165, 1.54) is 0 Å². The molecule has 27 heavy (non-hydrogen) atoms. The molecule has 1 N–H and O–H groups in total. The fraction of sp³-hybridized carbons (Fsp3) is 0.318. The zero-order valence-corrected chi connectivity index (χ0v) is 16.4. The Balaban J connectivity index is 1.68. The highest BCUT2D eigenvalue weighted by Crippen LogP contribution is 2.21. The first-order chi connectivity index (χ1) is 13.0. The number of carbonyl (C=O) groups excluding carboxylic acids is 1. The molecule has 2 aromatic carbocycles. The van der Waals surface area contributed by atoms with Crippen molar-refractivity contribution in [3.05, 3.63) is 65.9 Å². The van der Waals surface area contributed by atoms with Crippen LogP contribution in [0.1, 0.15) is 17.3 Å². The van der Waals surface area contributed by atoms with Crippen molar-refractivity contribution in [3.63, 3.8) is 0 Å². The van der Waals surface area contributed by atoms with Gasteiger partial charge in [-0.15, -0.1) is 0 Å². The predicted octanol–water partition coefficient (Wildman–Crippen LogP) is 3.38. The number of aryl methyl sites for hydroxylation is 1. The van der Waals surface area contributed by atoms with Gasteiger partial charge in [0.2, 0.25) is 5.91 Å². The smallest absolute Gasteiger partial charge is 0.240 e. The summed E-state index contributed by atoms with van der Waals surface area (Å²) < 4.78 is 7.28. The summed E-state index contributed by atoms with van der Waals surface area (Å²) in [4.78, 5) is 14.7. The Labute approximate surface area is 160 Å². The zero-order chi connectivity index (χ0) is 19.4. The topological polar surface area (TPSA) is 46.5 Å². The highest BCUT2D eigenvalue weighted by molar-refractivity contribution is 5.84. The highest BCUT2D eigenvalue weighted by Gasteiger charge is 2.16. The Kier molecular flexibility index (Phi) is 5.81. The van der Waals surface area contributed by atoms with Crippen LogP contribution < -0.4 is 10.1 Å². The summed E-state index contributed by atoms with van der Waals surface area (Å²) in [6.07, 6.45) is 0. The van der Waals surface area contributed by atoms with Crippen LogP contribution in [0, 0.1) is 6.92 Å². The number of benzene rings is 2. The molecule has 5 nitrogen and oxygen atoms in total. The van der Waals surface area contributed by atoms with Crippen LogP contribution in [-0.2, 0) is 11.3 Å². The molecular formula is C22H27N3O2. The lowest BCUT2D eigenvalue weighted by molar-refractivity contribution is -0.121. The molecule has 0 unspecified atom stereocenters. The van der Waals surface area contributed by atoms with Crippen LogP contribution in [0.4, 0.5) is 0 Å². The summed E-state index contributed by atoms with van der Waals surface area (Å²) in [7, 11) is 5.70. The van der Waals surface area contributed by atoms with E-state index >= 15 is 0 Å². The van der Waals surface area contributed by atoms with Crippen LogP contribution in [-0.4, -0.2) is 43.1 Å². The maximum atomic E-state index is 12.6. The van der Waals surface area contributed by atoms with Crippen LogP contribution in [0.25, 0.3) is 10.9 Å². The van der Waals surface area contributed by atoms with Gasteiger partial charge in [0, 0.05) is 17.8 Å². The van der Waals surface area contributed by atoms with Crippen molar-refractivity contribution in [2.24, 2.45) is 0 Å². The number of hydrogen-bond acceptors (Lipinski definition) is 3. The number of rotatable bonds is 7. The van der Waals surface area contributed by atoms with Crippen LogP contribution in [0.15, 0.2) is 54.6 Å². The second kappa shape index (κ2) is 8.27. The molecule has 1 heterocycles. The van der Waals surface area contributed by atoms with Crippen LogP contribution >= 0.6 is 0 Å². The third-order valence-corrected chi connectivity index (χ3v) is 4.94. The van der Waals surface area contributed by atoms with E-state index in [1.807, 2.05) is 57.4 Å². The average Bonchev–Trinajstić information content (AvgIpc) is 2.97. The average molecular weight is 365 g/mol. The van der Waals surface area contributed by atoms with Crippen LogP contribution in [0.5, 0.6) is 5.75 Å². The number of fused-ring (bicyclic) bond motifs is 1. The van der Waals surface area contributed by atoms with Gasteiger partial charge in [0.1, 0.15) is 12.3 Å². The third-order valence-electron chi connectivity index (χ3n) is 4.94. The van der Waals surface area contributed by atoms with Crippen LogP contribution in [0.3, 0.4) is 0 Å². The van der Waals surface area contributed by atoms with E-state index in [1.54, 1.807) is 7.11 Å². The van der Waals surface area contributed by atoms with Crippen molar-refractivity contribution in [3.8, 4) is 5.75 Å². The minimum Gasteiger partial charge on any atom is -0.497 e. The fourth-order valence-corrected chi connectivity index (χ4v) is 3.39. The van der Waals surface area contributed by atoms with E-state index in [9.17, 15) is 4.79 Å². The SMILES string of the molecule is COc1ccc([C@H](CNC(=O)Cn2c(C)cc3ccccc32)N(C)C)cc1. The molecule has 0 spiro atoms. The van der Waals surface area contributed by atoms with Gasteiger partial charge in [-0.2, -0.15) is 0 Å². The van der Waals surface area contributed by atoms with Gasteiger partial charge in [0.25, 0.3) is 0 Å². The molecule has 1 atom stereocenters. The fourth-order valence-electron chi connectivity index (χ4n) is 3.39. The Bertz CT molecular complexity index is 913. The molecule has 0 aliphatic rings. The Morgan fingerprint density at radius 3 is 2.52 bits per heavy atom. The van der Waals surface area contributed by atoms with Crippen molar-refractivity contribution in [2.75, 3.05) is 27.7 Å². The quantitative estimate of drug-likeness (QED) is 0.698.